The molecule has 0 aromatic heterocycles. The summed E-state index contributed by atoms with van der Waals surface area (Å²) in [5.74, 6) is -7.87. The number of carbonyl (C=O) groups is 7. The number of hydrogen-bond acceptors (Lipinski definition) is 8. The lowest BCUT2D eigenvalue weighted by Crippen LogP contribution is -2.57. The molecular formula is C18H27N5O10. The molecule has 0 aromatic carbocycles. The highest BCUT2D eigenvalue weighted by Crippen LogP contribution is 2.19. The van der Waals surface area contributed by atoms with Gasteiger partial charge in [-0.25, -0.2) is 4.79 Å². The first-order valence-corrected chi connectivity index (χ1v) is 9.95. The summed E-state index contributed by atoms with van der Waals surface area (Å²) in [5.41, 5.74) is 10.5. The number of carbonyl (C=O) groups excluding carboxylic acids is 4. The molecule has 0 bridgehead atoms. The van der Waals surface area contributed by atoms with Gasteiger partial charge in [-0.05, 0) is 19.3 Å². The Balaban J connectivity index is 2.92. The summed E-state index contributed by atoms with van der Waals surface area (Å²) >= 11 is 0. The third-order valence-electron chi connectivity index (χ3n) is 4.86. The molecule has 15 nitrogen and oxygen atoms in total. The average molecular weight is 473 g/mol. The number of aliphatic carboxylic acids is 3. The monoisotopic (exact) mass is 473 g/mol. The van der Waals surface area contributed by atoms with Crippen LogP contribution in [0.5, 0.6) is 0 Å². The van der Waals surface area contributed by atoms with Crippen LogP contribution in [-0.2, 0) is 33.6 Å². The van der Waals surface area contributed by atoms with Crippen molar-refractivity contribution in [1.82, 2.24) is 15.5 Å². The van der Waals surface area contributed by atoms with Gasteiger partial charge in [0.1, 0.15) is 18.1 Å². The molecule has 0 radical (unpaired) electrons. The van der Waals surface area contributed by atoms with Crippen molar-refractivity contribution in [3.05, 3.63) is 0 Å². The first kappa shape index (κ1) is 27.3. The molecule has 15 heteroatoms. The zero-order valence-electron chi connectivity index (χ0n) is 17.6. The van der Waals surface area contributed by atoms with Crippen LogP contribution >= 0.6 is 0 Å². The lowest BCUT2D eigenvalue weighted by atomic mass is 10.1. The fourth-order valence-corrected chi connectivity index (χ4v) is 3.26. The summed E-state index contributed by atoms with van der Waals surface area (Å²) < 4.78 is 0. The molecule has 1 heterocycles. The van der Waals surface area contributed by atoms with E-state index in [0.717, 1.165) is 4.90 Å². The highest BCUT2D eigenvalue weighted by molar-refractivity contribution is 5.96. The Labute approximate surface area is 187 Å². The van der Waals surface area contributed by atoms with Crippen LogP contribution in [0.25, 0.3) is 0 Å². The summed E-state index contributed by atoms with van der Waals surface area (Å²) in [6.07, 6.45) is -1.71. The van der Waals surface area contributed by atoms with Gasteiger partial charge in [0.2, 0.25) is 23.6 Å². The number of carboxylic acid groups (broad SMARTS) is 3. The van der Waals surface area contributed by atoms with E-state index in [0.29, 0.717) is 6.42 Å². The topological polar surface area (TPSA) is 260 Å². The molecule has 0 saturated carbocycles. The average Bonchev–Trinajstić information content (AvgIpc) is 3.18. The maximum atomic E-state index is 12.7. The summed E-state index contributed by atoms with van der Waals surface area (Å²) in [5, 5.41) is 31.3. The summed E-state index contributed by atoms with van der Waals surface area (Å²) in [6, 6.07) is -5.75. The maximum absolute atomic E-state index is 12.7. The molecule has 1 saturated heterocycles. The largest absolute Gasteiger partial charge is 0.481 e. The van der Waals surface area contributed by atoms with E-state index in [1.807, 2.05) is 0 Å². The van der Waals surface area contributed by atoms with E-state index in [1.54, 1.807) is 0 Å². The fraction of sp³-hybridized carbons (Fsp3) is 0.611. The van der Waals surface area contributed by atoms with Crippen LogP contribution in [0.1, 0.15) is 38.5 Å². The van der Waals surface area contributed by atoms with Crippen LogP contribution in [-0.4, -0.2) is 92.5 Å². The predicted molar refractivity (Wildman–Crippen MR) is 107 cm³/mol. The van der Waals surface area contributed by atoms with Crippen LogP contribution in [0.4, 0.5) is 0 Å². The van der Waals surface area contributed by atoms with Gasteiger partial charge < -0.3 is 42.3 Å². The molecule has 184 valence electrons. The van der Waals surface area contributed by atoms with Gasteiger partial charge in [-0.2, -0.15) is 0 Å². The maximum Gasteiger partial charge on any atom is 0.326 e. The molecule has 1 aliphatic heterocycles. The van der Waals surface area contributed by atoms with Crippen molar-refractivity contribution in [3.63, 3.8) is 0 Å². The lowest BCUT2D eigenvalue weighted by molar-refractivity contribution is -0.145. The second kappa shape index (κ2) is 12.3. The standard InChI is InChI=1S/C18H27N5O10/c19-8(6-13(25)26)17(31)23-5-1-2-11(23)16(30)22-10(7-14(27)28)15(29)21-9(18(32)33)3-4-12(20)24/h8-11H,1-7,19H2,(H2,20,24)(H,21,29)(H,22,30)(H,25,26)(H,27,28)(H,32,33). The van der Waals surface area contributed by atoms with Gasteiger partial charge in [-0.3, -0.25) is 28.8 Å². The highest BCUT2D eigenvalue weighted by atomic mass is 16.4. The number of nitrogens with one attached hydrogen (secondary N) is 2. The minimum Gasteiger partial charge on any atom is -0.481 e. The van der Waals surface area contributed by atoms with Crippen molar-refractivity contribution in [2.24, 2.45) is 11.5 Å². The SMILES string of the molecule is NC(=O)CCC(NC(=O)C(CC(=O)O)NC(=O)C1CCCN1C(=O)C(N)CC(=O)O)C(=O)O. The summed E-state index contributed by atoms with van der Waals surface area (Å²) in [7, 11) is 0. The normalized spacial score (nSPS) is 18.0. The number of nitrogens with zero attached hydrogens (tertiary/aromatic N) is 1. The predicted octanol–water partition coefficient (Wildman–Crippen LogP) is -3.43. The molecule has 0 aliphatic carbocycles. The Hall–Kier alpha value is -3.75. The summed E-state index contributed by atoms with van der Waals surface area (Å²) in [4.78, 5) is 82.9. The first-order valence-electron chi connectivity index (χ1n) is 9.95. The molecule has 4 amide bonds. The third-order valence-corrected chi connectivity index (χ3v) is 4.86. The van der Waals surface area contributed by atoms with E-state index < -0.39 is 78.5 Å². The Morgan fingerprint density at radius 3 is 2.06 bits per heavy atom. The number of hydrogen-bond donors (Lipinski definition) is 7. The molecule has 33 heavy (non-hydrogen) atoms. The Morgan fingerprint density at radius 2 is 1.55 bits per heavy atom. The molecule has 4 atom stereocenters. The lowest BCUT2D eigenvalue weighted by Gasteiger charge is -2.28. The number of rotatable bonds is 13. The summed E-state index contributed by atoms with van der Waals surface area (Å²) in [6.45, 7) is 0.105. The van der Waals surface area contributed by atoms with Crippen molar-refractivity contribution in [1.29, 1.82) is 0 Å². The second-order valence-corrected chi connectivity index (χ2v) is 7.46. The van der Waals surface area contributed by atoms with Gasteiger partial charge in [0, 0.05) is 13.0 Å². The van der Waals surface area contributed by atoms with E-state index in [-0.39, 0.29) is 25.8 Å². The number of nitrogens with two attached hydrogens (primary N) is 2. The Morgan fingerprint density at radius 1 is 0.939 bits per heavy atom. The van der Waals surface area contributed by atoms with E-state index in [2.05, 4.69) is 10.6 Å². The van der Waals surface area contributed by atoms with Gasteiger partial charge in [-0.1, -0.05) is 0 Å². The van der Waals surface area contributed by atoms with Crippen molar-refractivity contribution in [2.45, 2.75) is 62.7 Å². The van der Waals surface area contributed by atoms with Crippen molar-refractivity contribution >= 4 is 41.5 Å². The number of likely N-dealkylation sites (tertiary alicyclic amines) is 1. The molecule has 0 spiro atoms. The van der Waals surface area contributed by atoms with Crippen molar-refractivity contribution in [3.8, 4) is 0 Å². The molecule has 9 N–H and O–H groups in total. The Bertz CT molecular complexity index is 816. The second-order valence-electron chi connectivity index (χ2n) is 7.46. The van der Waals surface area contributed by atoms with E-state index in [1.165, 1.54) is 0 Å². The molecule has 1 aliphatic rings. The van der Waals surface area contributed by atoms with Crippen molar-refractivity contribution in [2.75, 3.05) is 6.54 Å². The fourth-order valence-electron chi connectivity index (χ4n) is 3.26. The number of carboxylic acids is 3. The van der Waals surface area contributed by atoms with Gasteiger partial charge >= 0.3 is 17.9 Å². The van der Waals surface area contributed by atoms with E-state index in [9.17, 15) is 38.7 Å². The smallest absolute Gasteiger partial charge is 0.326 e. The molecule has 1 rings (SSSR count). The third kappa shape index (κ3) is 8.72. The van der Waals surface area contributed by atoms with Crippen LogP contribution in [0, 0.1) is 0 Å². The minimum absolute atomic E-state index is 0.105. The zero-order chi connectivity index (χ0) is 25.3. The van der Waals surface area contributed by atoms with Gasteiger partial charge in [0.25, 0.3) is 0 Å². The first-order chi connectivity index (χ1) is 15.3. The van der Waals surface area contributed by atoms with Crippen LogP contribution in [0.3, 0.4) is 0 Å². The van der Waals surface area contributed by atoms with Crippen LogP contribution < -0.4 is 22.1 Å². The highest BCUT2D eigenvalue weighted by Gasteiger charge is 2.38. The van der Waals surface area contributed by atoms with Gasteiger partial charge in [0.05, 0.1) is 18.9 Å². The molecule has 4 unspecified atom stereocenters. The minimum atomic E-state index is -1.68. The molecule has 1 fully saturated rings. The van der Waals surface area contributed by atoms with Crippen LogP contribution in [0.2, 0.25) is 0 Å². The quantitative estimate of drug-likeness (QED) is 0.138. The van der Waals surface area contributed by atoms with Gasteiger partial charge in [-0.15, -0.1) is 0 Å². The van der Waals surface area contributed by atoms with Gasteiger partial charge in [0.15, 0.2) is 0 Å². The number of primary amides is 1. The van der Waals surface area contributed by atoms with Crippen LogP contribution in [0.15, 0.2) is 0 Å². The van der Waals surface area contributed by atoms with E-state index in [4.69, 9.17) is 21.7 Å². The molecular weight excluding hydrogens is 446 g/mol. The Kier molecular flexibility index (Phi) is 10.2. The van der Waals surface area contributed by atoms with E-state index >= 15 is 0 Å². The number of amides is 4. The van der Waals surface area contributed by atoms with Crippen molar-refractivity contribution < 1.29 is 48.9 Å². The molecule has 0 aromatic rings. The zero-order valence-corrected chi connectivity index (χ0v) is 17.6.